The molecule has 0 N–H and O–H groups in total. The number of aryl methyl sites for hydroxylation is 1. The van der Waals surface area contributed by atoms with Gasteiger partial charge in [0.15, 0.2) is 12.6 Å². The minimum atomic E-state index is -0.192. The maximum absolute atomic E-state index is 13.1. The minimum absolute atomic E-state index is 0.146. The first-order chi connectivity index (χ1) is 16.0. The maximum Gasteiger partial charge on any atom is 0.232 e. The van der Waals surface area contributed by atoms with E-state index in [-0.39, 0.29) is 18.3 Å². The summed E-state index contributed by atoms with van der Waals surface area (Å²) in [7, 11) is 1.63. The van der Waals surface area contributed by atoms with Crippen LogP contribution in [0.3, 0.4) is 0 Å². The summed E-state index contributed by atoms with van der Waals surface area (Å²) in [5.41, 5.74) is 3.77. The molecule has 168 valence electrons. The molecule has 3 aromatic carbocycles. The molecule has 5 rings (SSSR count). The lowest BCUT2D eigenvalue weighted by molar-refractivity contribution is -0.0165. The average Bonchev–Trinajstić information content (AvgIpc) is 3.13. The molecule has 6 nitrogen and oxygen atoms in total. The number of allylic oxidation sites excluding steroid dienone is 1. The summed E-state index contributed by atoms with van der Waals surface area (Å²) in [5, 5.41) is 0.530. The van der Waals surface area contributed by atoms with E-state index in [2.05, 4.69) is 0 Å². The molecular weight excluding hydrogens is 444 g/mol. The van der Waals surface area contributed by atoms with E-state index >= 15 is 0 Å². The van der Waals surface area contributed by atoms with Crippen LogP contribution in [0.25, 0.3) is 6.08 Å². The normalized spacial score (nSPS) is 15.5. The smallest absolute Gasteiger partial charge is 0.232 e. The number of carbonyl (C=O) groups is 1. The van der Waals surface area contributed by atoms with Gasteiger partial charge in [0.1, 0.15) is 29.6 Å². The molecule has 7 heteroatoms. The number of benzene rings is 3. The molecule has 2 aliphatic rings. The molecule has 0 radical (unpaired) electrons. The van der Waals surface area contributed by atoms with E-state index in [4.69, 9.17) is 35.3 Å². The number of ether oxygens (including phenoxy) is 5. The lowest BCUT2D eigenvalue weighted by Crippen LogP contribution is -2.12. The van der Waals surface area contributed by atoms with Crippen LogP contribution in [0.2, 0.25) is 5.02 Å². The molecule has 0 unspecified atom stereocenters. The third kappa shape index (κ3) is 4.27. The first-order valence-electron chi connectivity index (χ1n) is 10.4. The fraction of sp³-hybridized carbons (Fsp3) is 0.192. The molecule has 0 amide bonds. The third-order valence-electron chi connectivity index (χ3n) is 5.47. The lowest BCUT2D eigenvalue weighted by Gasteiger charge is -2.20. The highest BCUT2D eigenvalue weighted by Gasteiger charge is 2.30. The zero-order chi connectivity index (χ0) is 22.9. The largest absolute Gasteiger partial charge is 0.497 e. The van der Waals surface area contributed by atoms with Crippen molar-refractivity contribution in [3.8, 4) is 23.0 Å². The second kappa shape index (κ2) is 8.81. The number of Topliss-reactive ketones (excluding diaryl/α,β-unsaturated/α-hetero) is 1. The summed E-state index contributed by atoms with van der Waals surface area (Å²) in [4.78, 5) is 13.1. The van der Waals surface area contributed by atoms with Gasteiger partial charge in [-0.05, 0) is 54.5 Å². The number of hydrogen-bond acceptors (Lipinski definition) is 6. The van der Waals surface area contributed by atoms with Crippen LogP contribution in [0, 0.1) is 6.92 Å². The number of ketones is 1. The molecule has 0 saturated heterocycles. The number of methoxy groups -OCH3 is 1. The molecule has 0 bridgehead atoms. The molecule has 2 heterocycles. The molecule has 0 atom stereocenters. The van der Waals surface area contributed by atoms with E-state index in [1.165, 1.54) is 0 Å². The Labute approximate surface area is 196 Å². The van der Waals surface area contributed by atoms with E-state index in [1.807, 2.05) is 37.3 Å². The number of hydrogen-bond donors (Lipinski definition) is 0. The molecule has 0 saturated carbocycles. The Morgan fingerprint density at radius 2 is 2.00 bits per heavy atom. The first kappa shape index (κ1) is 21.4. The van der Waals surface area contributed by atoms with Gasteiger partial charge in [-0.2, -0.15) is 0 Å². The standard InChI is InChI=1S/C26H21ClO6/c1-15-6-21(31-12-16-4-3-5-20(7-16)29-2)11-22-24(15)25(28)23(33-22)10-17-8-19(27)9-18-13-30-14-32-26(17)18/h3-11H,12-14H2,1-2H3/b23-10-. The Morgan fingerprint density at radius 3 is 2.85 bits per heavy atom. The Balaban J connectivity index is 1.41. The van der Waals surface area contributed by atoms with Gasteiger partial charge >= 0.3 is 0 Å². The van der Waals surface area contributed by atoms with Crippen molar-refractivity contribution >= 4 is 23.5 Å². The first-order valence-corrected chi connectivity index (χ1v) is 10.8. The quantitative estimate of drug-likeness (QED) is 0.450. The van der Waals surface area contributed by atoms with Gasteiger partial charge in [0.25, 0.3) is 0 Å². The molecule has 0 spiro atoms. The van der Waals surface area contributed by atoms with Crippen molar-refractivity contribution in [3.63, 3.8) is 0 Å². The summed E-state index contributed by atoms with van der Waals surface area (Å²) in [6, 6.07) is 14.8. The SMILES string of the molecule is COc1cccc(COc2cc(C)c3c(c2)O/C(=C\c2cc(Cl)cc4c2OCOC4)C3=O)c1. The molecular formula is C26H21ClO6. The van der Waals surface area contributed by atoms with E-state index < -0.39 is 0 Å². The van der Waals surface area contributed by atoms with Crippen molar-refractivity contribution in [3.05, 3.63) is 87.1 Å². The highest BCUT2D eigenvalue weighted by Crippen LogP contribution is 2.39. The van der Waals surface area contributed by atoms with Crippen LogP contribution in [-0.4, -0.2) is 19.7 Å². The monoisotopic (exact) mass is 464 g/mol. The zero-order valence-corrected chi connectivity index (χ0v) is 18.9. The zero-order valence-electron chi connectivity index (χ0n) is 18.1. The molecule has 33 heavy (non-hydrogen) atoms. The number of carbonyl (C=O) groups excluding carboxylic acids is 1. The topological polar surface area (TPSA) is 63.2 Å². The van der Waals surface area contributed by atoms with Crippen LogP contribution >= 0.6 is 11.6 Å². The van der Waals surface area contributed by atoms with E-state index in [9.17, 15) is 4.79 Å². The van der Waals surface area contributed by atoms with Gasteiger partial charge in [0.05, 0.1) is 19.3 Å². The van der Waals surface area contributed by atoms with E-state index in [0.717, 1.165) is 22.4 Å². The Bertz CT molecular complexity index is 1280. The van der Waals surface area contributed by atoms with Crippen molar-refractivity contribution < 1.29 is 28.5 Å². The van der Waals surface area contributed by atoms with Gasteiger partial charge < -0.3 is 23.7 Å². The molecule has 0 aliphatic carbocycles. The van der Waals surface area contributed by atoms with Crippen molar-refractivity contribution in [1.82, 2.24) is 0 Å². The van der Waals surface area contributed by atoms with Crippen molar-refractivity contribution in [1.29, 1.82) is 0 Å². The molecule has 0 aromatic heterocycles. The van der Waals surface area contributed by atoms with E-state index in [0.29, 0.717) is 46.6 Å². The minimum Gasteiger partial charge on any atom is -0.497 e. The second-order valence-corrected chi connectivity index (χ2v) is 8.22. The summed E-state index contributed by atoms with van der Waals surface area (Å²) in [6.45, 7) is 2.77. The van der Waals surface area contributed by atoms with Crippen molar-refractivity contribution in [2.24, 2.45) is 0 Å². The van der Waals surface area contributed by atoms with Gasteiger partial charge in [-0.25, -0.2) is 0 Å². The lowest BCUT2D eigenvalue weighted by atomic mass is 10.0. The second-order valence-electron chi connectivity index (χ2n) is 7.79. The Kier molecular flexibility index (Phi) is 5.70. The molecule has 2 aliphatic heterocycles. The maximum atomic E-state index is 13.1. The highest BCUT2D eigenvalue weighted by atomic mass is 35.5. The fourth-order valence-corrected chi connectivity index (χ4v) is 4.20. The molecule has 0 fully saturated rings. The third-order valence-corrected chi connectivity index (χ3v) is 5.69. The number of fused-ring (bicyclic) bond motifs is 2. The van der Waals surface area contributed by atoms with Gasteiger partial charge in [0, 0.05) is 22.2 Å². The fourth-order valence-electron chi connectivity index (χ4n) is 3.95. The van der Waals surface area contributed by atoms with Crippen LogP contribution in [0.4, 0.5) is 0 Å². The van der Waals surface area contributed by atoms with Crippen LogP contribution < -0.4 is 18.9 Å². The Hall–Kier alpha value is -3.48. The van der Waals surface area contributed by atoms with Crippen LogP contribution in [-0.2, 0) is 18.0 Å². The van der Waals surface area contributed by atoms with Gasteiger partial charge in [0.2, 0.25) is 5.78 Å². The molecule has 3 aromatic rings. The predicted octanol–water partition coefficient (Wildman–Crippen LogP) is 5.72. The van der Waals surface area contributed by atoms with Crippen molar-refractivity contribution in [2.45, 2.75) is 20.1 Å². The highest BCUT2D eigenvalue weighted by molar-refractivity contribution is 6.31. The van der Waals surface area contributed by atoms with Crippen molar-refractivity contribution in [2.75, 3.05) is 13.9 Å². The summed E-state index contributed by atoms with van der Waals surface area (Å²) < 4.78 is 28.1. The van der Waals surface area contributed by atoms with Crippen LogP contribution in [0.5, 0.6) is 23.0 Å². The Morgan fingerprint density at radius 1 is 1.12 bits per heavy atom. The van der Waals surface area contributed by atoms with Crippen LogP contribution in [0.1, 0.15) is 32.6 Å². The summed E-state index contributed by atoms with van der Waals surface area (Å²) in [6.07, 6.45) is 1.66. The average molecular weight is 465 g/mol. The van der Waals surface area contributed by atoms with E-state index in [1.54, 1.807) is 31.4 Å². The predicted molar refractivity (Wildman–Crippen MR) is 123 cm³/mol. The summed E-state index contributed by atoms with van der Waals surface area (Å²) >= 11 is 6.25. The van der Waals surface area contributed by atoms with Crippen LogP contribution in [0.15, 0.2) is 54.3 Å². The summed E-state index contributed by atoms with van der Waals surface area (Å²) in [5.74, 6) is 2.50. The number of rotatable bonds is 5. The van der Waals surface area contributed by atoms with Gasteiger partial charge in [-0.1, -0.05) is 23.7 Å². The van der Waals surface area contributed by atoms with Gasteiger partial charge in [-0.15, -0.1) is 0 Å². The number of halogens is 1. The van der Waals surface area contributed by atoms with Gasteiger partial charge in [-0.3, -0.25) is 4.79 Å².